The Hall–Kier alpha value is -3.95. The first kappa shape index (κ1) is 22.3. The molecule has 0 spiro atoms. The summed E-state index contributed by atoms with van der Waals surface area (Å²) in [7, 11) is 1.29. The first-order valence-corrected chi connectivity index (χ1v) is 9.79. The average Bonchev–Trinajstić information content (AvgIpc) is 3.21. The van der Waals surface area contributed by atoms with Crippen LogP contribution in [0.5, 0.6) is 0 Å². The number of hydrogen-bond acceptors (Lipinski definition) is 6. The van der Waals surface area contributed by atoms with Crippen LogP contribution in [-0.4, -0.2) is 38.0 Å². The fourth-order valence-electron chi connectivity index (χ4n) is 3.52. The third-order valence-corrected chi connectivity index (χ3v) is 5.06. The summed E-state index contributed by atoms with van der Waals surface area (Å²) in [6.07, 6.45) is 1.76. The summed E-state index contributed by atoms with van der Waals surface area (Å²) < 4.78 is 16.2. The normalized spacial score (nSPS) is 10.8. The van der Waals surface area contributed by atoms with E-state index < -0.39 is 11.7 Å². The van der Waals surface area contributed by atoms with Crippen LogP contribution in [0.15, 0.2) is 66.9 Å². The third-order valence-electron chi connectivity index (χ3n) is 5.06. The maximum absolute atomic E-state index is 14.5. The van der Waals surface area contributed by atoms with Crippen LogP contribution in [-0.2, 0) is 11.4 Å². The minimum atomic E-state index is -0.671. The van der Waals surface area contributed by atoms with Gasteiger partial charge in [-0.25, -0.2) is 19.5 Å². The van der Waals surface area contributed by atoms with Gasteiger partial charge in [-0.15, -0.1) is 17.5 Å². The first-order valence-electron chi connectivity index (χ1n) is 9.79. The second kappa shape index (κ2) is 9.27. The fraction of sp³-hybridized carbons (Fsp3) is 0.0870. The van der Waals surface area contributed by atoms with Crippen molar-refractivity contribution < 1.29 is 14.0 Å². The number of hydrogen-bond donors (Lipinski definition) is 1. The molecule has 0 saturated heterocycles. The number of nitrogens with zero attached hydrogens (tertiary/aromatic N) is 5. The molecule has 0 fully saturated rings. The zero-order chi connectivity index (χ0) is 22.1. The molecule has 166 valence electrons. The summed E-state index contributed by atoms with van der Waals surface area (Å²) >= 11 is 0. The zero-order valence-corrected chi connectivity index (χ0v) is 18.2. The minimum absolute atomic E-state index is 0. The number of nitrogens with one attached hydrogen (secondary N) is 1. The Morgan fingerprint density at radius 2 is 1.94 bits per heavy atom. The van der Waals surface area contributed by atoms with E-state index in [4.69, 9.17) is 0 Å². The van der Waals surface area contributed by atoms with E-state index in [1.807, 2.05) is 24.3 Å². The Morgan fingerprint density at radius 1 is 1.09 bits per heavy atom. The second-order valence-corrected chi connectivity index (χ2v) is 7.15. The minimum Gasteiger partial charge on any atom is -0.277 e. The van der Waals surface area contributed by atoms with Crippen molar-refractivity contribution in [2.45, 2.75) is 6.54 Å². The monoisotopic (exact) mass is 464 g/mol. The van der Waals surface area contributed by atoms with E-state index in [1.165, 1.54) is 19.2 Å². The topological polar surface area (TPSA) is 94.8 Å². The highest BCUT2D eigenvalue weighted by Crippen LogP contribution is 2.23. The lowest BCUT2D eigenvalue weighted by atomic mass is 10.1. The van der Waals surface area contributed by atoms with Gasteiger partial charge < -0.3 is 0 Å². The molecule has 0 unspecified atom stereocenters. The fourth-order valence-corrected chi connectivity index (χ4v) is 3.52. The van der Waals surface area contributed by atoms with Crippen molar-refractivity contribution in [3.63, 3.8) is 0 Å². The largest absolute Gasteiger partial charge is 0.277 e. The maximum atomic E-state index is 14.5. The lowest BCUT2D eigenvalue weighted by Crippen LogP contribution is -2.22. The van der Waals surface area contributed by atoms with Gasteiger partial charge in [0.25, 0.3) is 5.91 Å². The molecule has 3 aromatic heterocycles. The van der Waals surface area contributed by atoms with Crippen LogP contribution in [0.3, 0.4) is 0 Å². The number of carbonyl (C=O) groups is 1. The van der Waals surface area contributed by atoms with Gasteiger partial charge in [0.1, 0.15) is 11.3 Å². The predicted octanol–water partition coefficient (Wildman–Crippen LogP) is 3.94. The lowest BCUT2D eigenvalue weighted by Gasteiger charge is -2.07. The Kier molecular flexibility index (Phi) is 6.25. The van der Waals surface area contributed by atoms with E-state index in [1.54, 1.807) is 29.1 Å². The molecular formula is C23H18ClFN6O2. The Bertz CT molecular complexity index is 1470. The maximum Gasteiger partial charge on any atom is 0.277 e. The molecule has 0 radical (unpaired) electrons. The van der Waals surface area contributed by atoms with Gasteiger partial charge in [0, 0.05) is 17.1 Å². The highest BCUT2D eigenvalue weighted by Gasteiger charge is 2.14. The number of fused-ring (bicyclic) bond motifs is 2. The van der Waals surface area contributed by atoms with Crippen molar-refractivity contribution in [2.75, 3.05) is 7.11 Å². The smallest absolute Gasteiger partial charge is 0.277 e. The van der Waals surface area contributed by atoms with E-state index in [2.05, 4.69) is 36.7 Å². The number of amides is 1. The summed E-state index contributed by atoms with van der Waals surface area (Å²) in [5, 5.41) is 9.45. The van der Waals surface area contributed by atoms with Gasteiger partial charge in [-0.2, -0.15) is 0 Å². The van der Waals surface area contributed by atoms with Crippen LogP contribution in [0.25, 0.3) is 33.3 Å². The molecule has 0 bridgehead atoms. The van der Waals surface area contributed by atoms with E-state index in [0.29, 0.717) is 29.0 Å². The highest BCUT2D eigenvalue weighted by molar-refractivity contribution is 5.94. The quantitative estimate of drug-likeness (QED) is 0.396. The molecule has 1 amide bonds. The standard InChI is InChI=1S/C23H17FN6O2.ClH/c1-32-28-23(31)17-6-5-16(12-18(17)24)20-8-9-21-22(26-20)30(29-27-21)13-14-4-7-19-15(11-14)3-2-10-25-19;/h2-12H,13H2,1H3,(H,28,31);1H. The van der Waals surface area contributed by atoms with E-state index >= 15 is 0 Å². The number of pyridine rings is 2. The zero-order valence-electron chi connectivity index (χ0n) is 17.4. The summed E-state index contributed by atoms with van der Waals surface area (Å²) in [5.74, 6) is -1.33. The predicted molar refractivity (Wildman–Crippen MR) is 123 cm³/mol. The van der Waals surface area contributed by atoms with Gasteiger partial charge in [0.05, 0.1) is 30.4 Å². The molecule has 33 heavy (non-hydrogen) atoms. The molecule has 8 nitrogen and oxygen atoms in total. The second-order valence-electron chi connectivity index (χ2n) is 7.15. The van der Waals surface area contributed by atoms with Gasteiger partial charge in [0.15, 0.2) is 5.65 Å². The van der Waals surface area contributed by atoms with E-state index in [9.17, 15) is 9.18 Å². The molecule has 10 heteroatoms. The number of carbonyl (C=O) groups excluding carboxylic acids is 1. The average molecular weight is 465 g/mol. The summed E-state index contributed by atoms with van der Waals surface area (Å²) in [4.78, 5) is 25.4. The number of hydroxylamine groups is 1. The van der Waals surface area contributed by atoms with Crippen LogP contribution < -0.4 is 5.48 Å². The van der Waals surface area contributed by atoms with Crippen molar-refractivity contribution in [1.29, 1.82) is 0 Å². The molecule has 3 heterocycles. The van der Waals surface area contributed by atoms with Crippen molar-refractivity contribution >= 4 is 40.4 Å². The van der Waals surface area contributed by atoms with Gasteiger partial charge in [-0.1, -0.05) is 23.4 Å². The number of rotatable bonds is 5. The third kappa shape index (κ3) is 4.36. The highest BCUT2D eigenvalue weighted by atomic mass is 35.5. The van der Waals surface area contributed by atoms with Gasteiger partial charge in [-0.3, -0.25) is 14.6 Å². The molecule has 0 atom stereocenters. The molecular weight excluding hydrogens is 447 g/mol. The molecule has 0 aliphatic heterocycles. The van der Waals surface area contributed by atoms with E-state index in [-0.39, 0.29) is 18.0 Å². The van der Waals surface area contributed by atoms with Crippen LogP contribution in [0, 0.1) is 5.82 Å². The lowest BCUT2D eigenvalue weighted by molar-refractivity contribution is 0.0533. The van der Waals surface area contributed by atoms with Gasteiger partial charge in [0.2, 0.25) is 0 Å². The molecule has 2 aromatic carbocycles. The summed E-state index contributed by atoms with van der Waals surface area (Å²) in [6, 6.07) is 17.7. The molecule has 5 rings (SSSR count). The Morgan fingerprint density at radius 3 is 2.76 bits per heavy atom. The van der Waals surface area contributed by atoms with Gasteiger partial charge in [-0.05, 0) is 48.0 Å². The number of aromatic nitrogens is 5. The van der Waals surface area contributed by atoms with Gasteiger partial charge >= 0.3 is 0 Å². The molecule has 0 aliphatic rings. The molecule has 0 saturated carbocycles. The van der Waals surface area contributed by atoms with E-state index in [0.717, 1.165) is 16.5 Å². The Balaban J connectivity index is 0.00000259. The number of benzene rings is 2. The van der Waals surface area contributed by atoms with Crippen molar-refractivity contribution in [2.24, 2.45) is 0 Å². The van der Waals surface area contributed by atoms with Crippen molar-refractivity contribution in [3.05, 3.63) is 83.8 Å². The van der Waals surface area contributed by atoms with Crippen LogP contribution >= 0.6 is 12.4 Å². The molecule has 0 aliphatic carbocycles. The van der Waals surface area contributed by atoms with Crippen molar-refractivity contribution in [1.82, 2.24) is 30.4 Å². The summed E-state index contributed by atoms with van der Waals surface area (Å²) in [5.41, 5.74) is 6.23. The number of halogens is 2. The van der Waals surface area contributed by atoms with Crippen LogP contribution in [0.4, 0.5) is 4.39 Å². The molecule has 1 N–H and O–H groups in total. The Labute approximate surface area is 193 Å². The SMILES string of the molecule is CONC(=O)c1ccc(-c2ccc3nnn(Cc4ccc5ncccc5c4)c3n2)cc1F.Cl. The first-order chi connectivity index (χ1) is 15.6. The molecule has 5 aromatic rings. The van der Waals surface area contributed by atoms with Crippen LogP contribution in [0.1, 0.15) is 15.9 Å². The summed E-state index contributed by atoms with van der Waals surface area (Å²) in [6.45, 7) is 0.474. The van der Waals surface area contributed by atoms with Crippen LogP contribution in [0.2, 0.25) is 0 Å². The van der Waals surface area contributed by atoms with Crippen molar-refractivity contribution in [3.8, 4) is 11.3 Å².